The van der Waals surface area contributed by atoms with Crippen molar-refractivity contribution in [3.63, 3.8) is 0 Å². The van der Waals surface area contributed by atoms with Crippen LogP contribution in [0, 0.1) is 6.92 Å². The molecule has 0 radical (unpaired) electrons. The van der Waals surface area contributed by atoms with Crippen LogP contribution in [0.1, 0.15) is 35.7 Å². The standard InChI is InChI=1S/C39H40Cl2N8O5/c1-21-17-29-31(36(51)47(3)38(53)46(29)2)34(42-21)43-26-10-6-8-24(33(26)41)23-7-5-9-25(32(23)40)27-18-22-11-12-28(30(22)35(44-27)54-4)48-14-13-39(19-48)20-49(15-16-50)37(52)45-39/h5-10,17-18,28,50H,11-16,19-20H2,1-4H3,(H,42,43)(H,45,52). The lowest BCUT2D eigenvalue weighted by molar-refractivity contribution is 0.193. The first kappa shape index (κ1) is 36.0. The molecule has 3 aliphatic rings. The third kappa shape index (κ3) is 5.90. The minimum absolute atomic E-state index is 0.0600. The zero-order valence-electron chi connectivity index (χ0n) is 30.4. The van der Waals surface area contributed by atoms with Gasteiger partial charge in [0.1, 0.15) is 11.2 Å². The number of aryl methyl sites for hydroxylation is 3. The van der Waals surface area contributed by atoms with E-state index in [2.05, 4.69) is 26.6 Å². The van der Waals surface area contributed by atoms with E-state index >= 15 is 0 Å². The van der Waals surface area contributed by atoms with E-state index in [1.54, 1.807) is 38.1 Å². The minimum atomic E-state index is -0.466. The zero-order valence-corrected chi connectivity index (χ0v) is 31.9. The van der Waals surface area contributed by atoms with E-state index in [-0.39, 0.29) is 35.4 Å². The molecule has 2 saturated heterocycles. The van der Waals surface area contributed by atoms with Crippen LogP contribution in [-0.2, 0) is 20.5 Å². The van der Waals surface area contributed by atoms with Gasteiger partial charge in [0.25, 0.3) is 5.56 Å². The van der Waals surface area contributed by atoms with Gasteiger partial charge in [-0.25, -0.2) is 19.6 Å². The Morgan fingerprint density at radius 2 is 1.74 bits per heavy atom. The van der Waals surface area contributed by atoms with Crippen LogP contribution in [0.3, 0.4) is 0 Å². The quantitative estimate of drug-likeness (QED) is 0.194. The molecular formula is C39H40Cl2N8O5. The van der Waals surface area contributed by atoms with Crippen molar-refractivity contribution in [2.45, 2.75) is 37.8 Å². The average Bonchev–Trinajstić information content (AvgIpc) is 3.86. The normalized spacial score (nSPS) is 19.6. The summed E-state index contributed by atoms with van der Waals surface area (Å²) in [7, 11) is 4.69. The van der Waals surface area contributed by atoms with E-state index in [4.69, 9.17) is 32.9 Å². The number of hydrogen-bond acceptors (Lipinski definition) is 9. The van der Waals surface area contributed by atoms with Crippen LogP contribution in [0.2, 0.25) is 10.0 Å². The van der Waals surface area contributed by atoms with Gasteiger partial charge in [-0.1, -0.05) is 53.5 Å². The molecule has 8 rings (SSSR count). The van der Waals surface area contributed by atoms with Crippen LogP contribution in [0.5, 0.6) is 5.88 Å². The SMILES string of the molecule is COc1nc(-c2cccc(-c3cccc(Nc4nc(C)cc5c4c(=O)n(C)c(=O)n5C)c3Cl)c2Cl)cc2c1C(N1CCC3(CN(CCO)C(=O)N3)C1)CC2. The van der Waals surface area contributed by atoms with Gasteiger partial charge in [0.2, 0.25) is 5.88 Å². The maximum absolute atomic E-state index is 13.3. The largest absolute Gasteiger partial charge is 0.481 e. The van der Waals surface area contributed by atoms with Crippen molar-refractivity contribution in [2.24, 2.45) is 14.1 Å². The van der Waals surface area contributed by atoms with E-state index in [1.807, 2.05) is 30.3 Å². The van der Waals surface area contributed by atoms with Crippen LogP contribution < -0.4 is 26.6 Å². The summed E-state index contributed by atoms with van der Waals surface area (Å²) in [5, 5.41) is 17.0. The number of carbonyl (C=O) groups excluding carboxylic acids is 1. The predicted molar refractivity (Wildman–Crippen MR) is 209 cm³/mol. The molecule has 0 saturated carbocycles. The summed E-state index contributed by atoms with van der Waals surface area (Å²) in [5.41, 5.74) is 5.34. The number of fused-ring (bicyclic) bond motifs is 2. The van der Waals surface area contributed by atoms with Crippen molar-refractivity contribution < 1.29 is 14.6 Å². The second-order valence-corrected chi connectivity index (χ2v) is 15.1. The van der Waals surface area contributed by atoms with Gasteiger partial charge >= 0.3 is 11.7 Å². The van der Waals surface area contributed by atoms with Crippen LogP contribution in [-0.4, -0.2) is 85.5 Å². The third-order valence-electron chi connectivity index (χ3n) is 11.1. The van der Waals surface area contributed by atoms with Gasteiger partial charge in [0, 0.05) is 74.3 Å². The van der Waals surface area contributed by atoms with Crippen LogP contribution in [0.4, 0.5) is 16.3 Å². The molecule has 1 aliphatic carbocycles. The molecule has 3 aromatic heterocycles. The summed E-state index contributed by atoms with van der Waals surface area (Å²) in [6.07, 6.45) is 2.57. The molecule has 2 amide bonds. The van der Waals surface area contributed by atoms with Crippen molar-refractivity contribution in [1.82, 2.24) is 34.2 Å². The second kappa shape index (κ2) is 13.7. The molecule has 2 fully saturated rings. The Balaban J connectivity index is 1.11. The van der Waals surface area contributed by atoms with Crippen molar-refractivity contribution in [2.75, 3.05) is 45.2 Å². The monoisotopic (exact) mass is 770 g/mol. The van der Waals surface area contributed by atoms with Gasteiger partial charge in [-0.15, -0.1) is 0 Å². The molecule has 2 aliphatic heterocycles. The molecule has 54 heavy (non-hydrogen) atoms. The number of nitrogens with one attached hydrogen (secondary N) is 2. The van der Waals surface area contributed by atoms with Crippen LogP contribution >= 0.6 is 23.2 Å². The summed E-state index contributed by atoms with van der Waals surface area (Å²) in [4.78, 5) is 52.3. The number of anilines is 2. The molecule has 5 aromatic rings. The van der Waals surface area contributed by atoms with Crippen molar-refractivity contribution in [3.05, 3.63) is 96.2 Å². The number of ether oxygens (including phenoxy) is 1. The summed E-state index contributed by atoms with van der Waals surface area (Å²) in [5.74, 6) is 0.837. The fourth-order valence-corrected chi connectivity index (χ4v) is 9.03. The first-order valence-corrected chi connectivity index (χ1v) is 18.6. The molecule has 2 atom stereocenters. The lowest BCUT2D eigenvalue weighted by Crippen LogP contribution is -2.46. The lowest BCUT2D eigenvalue weighted by Gasteiger charge is -2.28. The highest BCUT2D eigenvalue weighted by Crippen LogP contribution is 2.47. The summed E-state index contributed by atoms with van der Waals surface area (Å²) < 4.78 is 8.43. The molecule has 1 spiro atoms. The Bertz CT molecular complexity index is 2490. The number of likely N-dealkylation sites (tertiary alicyclic amines) is 1. The molecule has 15 heteroatoms. The lowest BCUT2D eigenvalue weighted by atomic mass is 9.99. The van der Waals surface area contributed by atoms with Gasteiger partial charge in [-0.3, -0.25) is 18.8 Å². The van der Waals surface area contributed by atoms with Crippen molar-refractivity contribution >= 4 is 51.6 Å². The molecule has 2 unspecified atom stereocenters. The first-order valence-electron chi connectivity index (χ1n) is 17.9. The number of β-amino-alcohol motifs (C(OH)–C–C–N with tert-alkyl or cyclic N) is 1. The maximum Gasteiger partial charge on any atom is 0.330 e. The number of hydrogen-bond donors (Lipinski definition) is 3. The number of benzene rings is 2. The summed E-state index contributed by atoms with van der Waals surface area (Å²) >= 11 is 14.3. The Kier molecular flexibility index (Phi) is 9.16. The number of methoxy groups -OCH3 is 1. The van der Waals surface area contributed by atoms with E-state index < -0.39 is 11.2 Å². The highest BCUT2D eigenvalue weighted by Gasteiger charge is 2.49. The Morgan fingerprint density at radius 1 is 1.00 bits per heavy atom. The van der Waals surface area contributed by atoms with E-state index in [1.165, 1.54) is 11.6 Å². The van der Waals surface area contributed by atoms with Gasteiger partial charge in [0.15, 0.2) is 0 Å². The van der Waals surface area contributed by atoms with Gasteiger partial charge in [-0.2, -0.15) is 0 Å². The number of aliphatic hydroxyl groups is 1. The second-order valence-electron chi connectivity index (χ2n) is 14.4. The van der Waals surface area contributed by atoms with E-state index in [0.29, 0.717) is 69.3 Å². The van der Waals surface area contributed by atoms with Gasteiger partial charge in [-0.05, 0) is 49.9 Å². The molecule has 280 valence electrons. The molecular weight excluding hydrogens is 731 g/mol. The average molecular weight is 772 g/mol. The fourth-order valence-electron chi connectivity index (χ4n) is 8.43. The number of nitrogens with zero attached hydrogens (tertiary/aromatic N) is 6. The van der Waals surface area contributed by atoms with Crippen LogP contribution in [0.15, 0.2) is 58.1 Å². The van der Waals surface area contributed by atoms with E-state index in [0.717, 1.165) is 47.1 Å². The van der Waals surface area contributed by atoms with Crippen molar-refractivity contribution in [3.8, 4) is 28.3 Å². The minimum Gasteiger partial charge on any atom is -0.481 e. The molecule has 0 bridgehead atoms. The first-order chi connectivity index (χ1) is 25.9. The molecule has 3 N–H and O–H groups in total. The Labute approximate surface area is 321 Å². The third-order valence-corrected chi connectivity index (χ3v) is 11.9. The summed E-state index contributed by atoms with van der Waals surface area (Å²) in [6, 6.07) is 15.0. The molecule has 13 nitrogen and oxygen atoms in total. The smallest absolute Gasteiger partial charge is 0.330 e. The molecule has 5 heterocycles. The molecule has 2 aromatic carbocycles. The number of pyridine rings is 2. The van der Waals surface area contributed by atoms with Gasteiger partial charge in [0.05, 0.1) is 46.2 Å². The number of rotatable bonds is 8. The zero-order chi connectivity index (χ0) is 38.1. The number of amides is 2. The number of urea groups is 1. The van der Waals surface area contributed by atoms with Gasteiger partial charge < -0.3 is 25.4 Å². The topological polar surface area (TPSA) is 147 Å². The van der Waals surface area contributed by atoms with Crippen molar-refractivity contribution in [1.29, 1.82) is 0 Å². The number of carbonyl (C=O) groups is 1. The van der Waals surface area contributed by atoms with E-state index in [9.17, 15) is 19.5 Å². The van der Waals surface area contributed by atoms with Crippen LogP contribution in [0.25, 0.3) is 33.3 Å². The Hall–Kier alpha value is -4.95. The number of halogens is 2. The number of aromatic nitrogens is 4. The highest BCUT2D eigenvalue weighted by atomic mass is 35.5. The fraction of sp³-hybridized carbons (Fsp3) is 0.359. The maximum atomic E-state index is 13.3. The summed E-state index contributed by atoms with van der Waals surface area (Å²) in [6.45, 7) is 4.19. The highest BCUT2D eigenvalue weighted by molar-refractivity contribution is 6.39. The predicted octanol–water partition coefficient (Wildman–Crippen LogP) is 5.18. The Morgan fingerprint density at radius 3 is 2.50 bits per heavy atom. The number of aliphatic hydroxyl groups excluding tert-OH is 1.